The molecule has 1 heterocycles. The molecule has 1 aliphatic heterocycles. The molecule has 4 aromatic rings. The van der Waals surface area contributed by atoms with Crippen molar-refractivity contribution in [1.29, 1.82) is 0 Å². The summed E-state index contributed by atoms with van der Waals surface area (Å²) >= 11 is 0. The lowest BCUT2D eigenvalue weighted by Gasteiger charge is -2.26. The summed E-state index contributed by atoms with van der Waals surface area (Å²) < 4.78 is 0. The van der Waals surface area contributed by atoms with Crippen LogP contribution < -0.4 is 26.5 Å². The third kappa shape index (κ3) is 9.02. The van der Waals surface area contributed by atoms with E-state index in [9.17, 15) is 19.2 Å². The van der Waals surface area contributed by atoms with Gasteiger partial charge in [-0.05, 0) is 54.7 Å². The molecule has 5 rings (SSSR count). The Morgan fingerprint density at radius 1 is 0.630 bits per heavy atom. The number of fused-ring (bicyclic) bond motifs is 1. The molecule has 0 spiro atoms. The Bertz CT molecular complexity index is 1490. The van der Waals surface area contributed by atoms with Gasteiger partial charge in [0.25, 0.3) is 11.8 Å². The summed E-state index contributed by atoms with van der Waals surface area (Å²) in [4.78, 5) is 48.0. The van der Waals surface area contributed by atoms with Crippen LogP contribution in [0.15, 0.2) is 115 Å². The highest BCUT2D eigenvalue weighted by atomic mass is 31.1. The standard InChI is InChI=1S/C18H23N3O6.C18H15P/c1-10(2)14(20-18(26)27)8-7-11(19-17(24)25)9-21-15(22)12-5-3-4-6-13(12)16(21)23;1-4-10-16(11-5-1)19(17-12-6-2-7-13-17)18-14-8-3-9-15-18/h3-6,10-11,14,19-20H,7-9H2,1-2H3,(H,24,25)(H,26,27);1-15H/t11-,14?;/m0./s1. The third-order valence-corrected chi connectivity index (χ3v) is 10.0. The van der Waals surface area contributed by atoms with Gasteiger partial charge < -0.3 is 20.8 Å². The van der Waals surface area contributed by atoms with E-state index in [4.69, 9.17) is 10.2 Å². The lowest BCUT2D eigenvalue weighted by Crippen LogP contribution is -2.46. The number of carbonyl (C=O) groups excluding carboxylic acids is 2. The molecular weight excluding hydrogens is 601 g/mol. The van der Waals surface area contributed by atoms with Crippen molar-refractivity contribution in [3.05, 3.63) is 126 Å². The van der Waals surface area contributed by atoms with E-state index in [2.05, 4.69) is 102 Å². The van der Waals surface area contributed by atoms with Gasteiger partial charge in [-0.1, -0.05) is 117 Å². The molecule has 0 fully saturated rings. The van der Waals surface area contributed by atoms with E-state index < -0.39 is 38.0 Å². The number of carbonyl (C=O) groups is 4. The minimum atomic E-state index is -1.27. The molecule has 0 radical (unpaired) electrons. The first-order valence-electron chi connectivity index (χ1n) is 15.0. The molecular formula is C36H38N3O6P. The molecule has 4 aromatic carbocycles. The van der Waals surface area contributed by atoms with Gasteiger partial charge >= 0.3 is 12.2 Å². The summed E-state index contributed by atoms with van der Waals surface area (Å²) in [6.45, 7) is 3.59. The summed E-state index contributed by atoms with van der Waals surface area (Å²) in [6.07, 6.45) is -1.80. The van der Waals surface area contributed by atoms with E-state index in [0.717, 1.165) is 4.90 Å². The van der Waals surface area contributed by atoms with E-state index >= 15 is 0 Å². The van der Waals surface area contributed by atoms with Crippen LogP contribution in [-0.2, 0) is 0 Å². The van der Waals surface area contributed by atoms with Gasteiger partial charge in [-0.3, -0.25) is 14.5 Å². The maximum atomic E-state index is 12.5. The van der Waals surface area contributed by atoms with Gasteiger partial charge in [0, 0.05) is 12.6 Å². The third-order valence-electron chi connectivity index (χ3n) is 7.59. The van der Waals surface area contributed by atoms with Crippen LogP contribution in [0.3, 0.4) is 0 Å². The SMILES string of the molecule is CC(C)C(CC[C@@H](CN1C(=O)c2ccccc2C1=O)NC(=O)O)NC(=O)O.c1ccc(P(c2ccccc2)c2ccccc2)cc1. The van der Waals surface area contributed by atoms with Crippen molar-refractivity contribution in [3.63, 3.8) is 0 Å². The number of hydrogen-bond acceptors (Lipinski definition) is 4. The van der Waals surface area contributed by atoms with Gasteiger partial charge in [-0.2, -0.15) is 0 Å². The fourth-order valence-corrected chi connectivity index (χ4v) is 7.60. The van der Waals surface area contributed by atoms with Crippen LogP contribution in [0.1, 0.15) is 47.4 Å². The van der Waals surface area contributed by atoms with Gasteiger partial charge in [0.15, 0.2) is 0 Å². The first kappa shape index (κ1) is 33.9. The summed E-state index contributed by atoms with van der Waals surface area (Å²) in [5.74, 6) is -0.917. The maximum absolute atomic E-state index is 12.5. The minimum Gasteiger partial charge on any atom is -0.465 e. The molecule has 0 saturated heterocycles. The van der Waals surface area contributed by atoms with Crippen LogP contribution in [0.25, 0.3) is 0 Å². The largest absolute Gasteiger partial charge is 0.465 e. The Balaban J connectivity index is 0.000000221. The molecule has 10 heteroatoms. The maximum Gasteiger partial charge on any atom is 0.404 e. The number of rotatable bonds is 11. The van der Waals surface area contributed by atoms with Crippen molar-refractivity contribution in [2.24, 2.45) is 5.92 Å². The van der Waals surface area contributed by atoms with Crippen LogP contribution >= 0.6 is 7.92 Å². The number of imide groups is 1. The molecule has 0 aromatic heterocycles. The molecule has 0 saturated carbocycles. The van der Waals surface area contributed by atoms with Crippen molar-refractivity contribution in [1.82, 2.24) is 15.5 Å². The molecule has 1 unspecified atom stereocenters. The summed E-state index contributed by atoms with van der Waals surface area (Å²) in [5, 5.41) is 26.9. The van der Waals surface area contributed by atoms with Gasteiger partial charge in [-0.15, -0.1) is 0 Å². The van der Waals surface area contributed by atoms with Crippen LogP contribution in [0.2, 0.25) is 0 Å². The van der Waals surface area contributed by atoms with Crippen LogP contribution in [-0.4, -0.2) is 57.7 Å². The van der Waals surface area contributed by atoms with E-state index in [1.54, 1.807) is 24.3 Å². The lowest BCUT2D eigenvalue weighted by molar-refractivity contribution is 0.0633. The Morgan fingerprint density at radius 3 is 1.39 bits per heavy atom. The quantitative estimate of drug-likeness (QED) is 0.128. The lowest BCUT2D eigenvalue weighted by atomic mass is 9.96. The van der Waals surface area contributed by atoms with Crippen molar-refractivity contribution in [3.8, 4) is 0 Å². The van der Waals surface area contributed by atoms with Crippen molar-refractivity contribution >= 4 is 47.8 Å². The van der Waals surface area contributed by atoms with Crippen molar-refractivity contribution < 1.29 is 29.4 Å². The van der Waals surface area contributed by atoms with Crippen LogP contribution in [0.4, 0.5) is 9.59 Å². The number of nitrogens with zero attached hydrogens (tertiary/aromatic N) is 1. The average Bonchev–Trinajstić information content (AvgIpc) is 3.29. The smallest absolute Gasteiger partial charge is 0.404 e. The number of nitrogens with one attached hydrogen (secondary N) is 2. The molecule has 4 amide bonds. The highest BCUT2D eigenvalue weighted by Crippen LogP contribution is 2.32. The van der Waals surface area contributed by atoms with E-state index in [0.29, 0.717) is 17.5 Å². The van der Waals surface area contributed by atoms with Crippen molar-refractivity contribution in [2.75, 3.05) is 6.54 Å². The number of carboxylic acid groups (broad SMARTS) is 2. The summed E-state index contributed by atoms with van der Waals surface area (Å²) in [5.41, 5.74) is 0.591. The Labute approximate surface area is 270 Å². The first-order valence-corrected chi connectivity index (χ1v) is 16.4. The van der Waals surface area contributed by atoms with Crippen LogP contribution in [0, 0.1) is 5.92 Å². The average molecular weight is 640 g/mol. The molecule has 0 bridgehead atoms. The highest BCUT2D eigenvalue weighted by molar-refractivity contribution is 7.79. The normalized spacial score (nSPS) is 13.4. The van der Waals surface area contributed by atoms with E-state index in [1.807, 2.05) is 13.8 Å². The molecule has 238 valence electrons. The highest BCUT2D eigenvalue weighted by Gasteiger charge is 2.36. The number of benzene rings is 4. The second kappa shape index (κ2) is 16.3. The molecule has 46 heavy (non-hydrogen) atoms. The molecule has 0 aliphatic carbocycles. The zero-order valence-electron chi connectivity index (χ0n) is 25.7. The van der Waals surface area contributed by atoms with Crippen LogP contribution in [0.5, 0.6) is 0 Å². The predicted octanol–water partition coefficient (Wildman–Crippen LogP) is 5.44. The van der Waals surface area contributed by atoms with E-state index in [-0.39, 0.29) is 24.9 Å². The molecule has 9 nitrogen and oxygen atoms in total. The van der Waals surface area contributed by atoms with E-state index in [1.165, 1.54) is 15.9 Å². The fourth-order valence-electron chi connectivity index (χ4n) is 5.30. The fraction of sp³-hybridized carbons (Fsp3) is 0.222. The van der Waals surface area contributed by atoms with Crippen molar-refractivity contribution in [2.45, 2.75) is 38.8 Å². The molecule has 1 aliphatic rings. The monoisotopic (exact) mass is 639 g/mol. The first-order chi connectivity index (χ1) is 22.2. The van der Waals surface area contributed by atoms with Gasteiger partial charge in [0.2, 0.25) is 0 Å². The summed E-state index contributed by atoms with van der Waals surface area (Å²) in [7, 11) is -0.446. The second-order valence-electron chi connectivity index (χ2n) is 11.1. The Hall–Kier alpha value is -5.01. The second-order valence-corrected chi connectivity index (χ2v) is 13.4. The zero-order valence-corrected chi connectivity index (χ0v) is 26.6. The van der Waals surface area contributed by atoms with Gasteiger partial charge in [-0.25, -0.2) is 9.59 Å². The predicted molar refractivity (Wildman–Crippen MR) is 181 cm³/mol. The molecule has 2 atom stereocenters. The molecule has 4 N–H and O–H groups in total. The Morgan fingerprint density at radius 2 is 1.02 bits per heavy atom. The summed E-state index contributed by atoms with van der Waals surface area (Å²) in [6, 6.07) is 37.7. The number of hydrogen-bond donors (Lipinski definition) is 4. The minimum absolute atomic E-state index is 0.00545. The topological polar surface area (TPSA) is 136 Å². The Kier molecular flexibility index (Phi) is 12.0. The zero-order chi connectivity index (χ0) is 33.1. The number of amides is 4. The van der Waals surface area contributed by atoms with Gasteiger partial charge in [0.05, 0.1) is 17.2 Å². The van der Waals surface area contributed by atoms with Gasteiger partial charge in [0.1, 0.15) is 0 Å².